The maximum atomic E-state index is 14.1. The van der Waals surface area contributed by atoms with Gasteiger partial charge >= 0.3 is 0 Å². The molecule has 1 aliphatic carbocycles. The number of ketones is 1. The number of benzene rings is 3. The fraction of sp³-hybridized carbons (Fsp3) is 0.435. The molecule has 3 aromatic carbocycles. The number of carbonyl (C=O) groups is 5. The fourth-order valence-electron chi connectivity index (χ4n) is 10.1. The molecule has 59 heavy (non-hydrogen) atoms. The number of aromatic nitrogens is 1. The van der Waals surface area contributed by atoms with Crippen molar-refractivity contribution in [1.29, 1.82) is 5.26 Å². The van der Waals surface area contributed by atoms with Crippen LogP contribution >= 0.6 is 11.8 Å². The molecule has 0 spiro atoms. The lowest BCUT2D eigenvalue weighted by Crippen LogP contribution is -2.54. The molecule has 12 nitrogen and oxygen atoms in total. The summed E-state index contributed by atoms with van der Waals surface area (Å²) in [6.45, 7) is 11.8. The Kier molecular flexibility index (Phi) is 10.1. The lowest BCUT2D eigenvalue weighted by Gasteiger charge is -2.44. The van der Waals surface area contributed by atoms with E-state index in [2.05, 4.69) is 59.1 Å². The molecule has 3 saturated heterocycles. The van der Waals surface area contributed by atoms with E-state index in [1.165, 1.54) is 11.3 Å². The molecular formula is C46H49N7O5S. The first-order chi connectivity index (χ1) is 28.5. The van der Waals surface area contributed by atoms with Gasteiger partial charge in [-0.1, -0.05) is 32.9 Å². The molecule has 4 aromatic rings. The summed E-state index contributed by atoms with van der Waals surface area (Å²) in [6.07, 6.45) is 3.84. The molecule has 1 atom stereocenters. The van der Waals surface area contributed by atoms with E-state index in [-0.39, 0.29) is 29.9 Å². The Balaban J connectivity index is 0.787. The van der Waals surface area contributed by atoms with Crippen molar-refractivity contribution in [2.24, 2.45) is 0 Å². The normalized spacial score (nSPS) is 20.7. The first-order valence-corrected chi connectivity index (χ1v) is 21.9. The largest absolute Gasteiger partial charge is 0.371 e. The van der Waals surface area contributed by atoms with E-state index in [9.17, 15) is 29.2 Å². The number of thioether (sulfide) groups is 1. The monoisotopic (exact) mass is 811 g/mol. The molecule has 3 fully saturated rings. The number of hydrogen-bond acceptors (Lipinski definition) is 9. The van der Waals surface area contributed by atoms with Crippen molar-refractivity contribution >= 4 is 57.8 Å². The highest BCUT2D eigenvalue weighted by Gasteiger charge is 2.42. The van der Waals surface area contributed by atoms with Gasteiger partial charge < -0.3 is 19.7 Å². The maximum Gasteiger partial charge on any atom is 0.255 e. The van der Waals surface area contributed by atoms with Crippen LogP contribution in [0.1, 0.15) is 107 Å². The number of rotatable bonds is 8. The molecular weight excluding hydrogens is 763 g/mol. The number of nitrogens with zero attached hydrogens (tertiary/aromatic N) is 5. The second-order valence-electron chi connectivity index (χ2n) is 17.0. The number of piperidine rings is 2. The minimum Gasteiger partial charge on any atom is -0.371 e. The summed E-state index contributed by atoms with van der Waals surface area (Å²) in [4.78, 5) is 78.0. The van der Waals surface area contributed by atoms with Crippen molar-refractivity contribution < 1.29 is 24.0 Å². The highest BCUT2D eigenvalue weighted by Crippen LogP contribution is 2.46. The van der Waals surface area contributed by atoms with Crippen LogP contribution in [0.15, 0.2) is 53.4 Å². The summed E-state index contributed by atoms with van der Waals surface area (Å²) < 4.78 is 0. The van der Waals surface area contributed by atoms with E-state index in [0.29, 0.717) is 61.0 Å². The molecule has 5 heterocycles. The summed E-state index contributed by atoms with van der Waals surface area (Å²) in [5, 5.41) is 12.7. The van der Waals surface area contributed by atoms with Crippen molar-refractivity contribution in [1.82, 2.24) is 25.0 Å². The van der Waals surface area contributed by atoms with Crippen LogP contribution in [0.5, 0.6) is 0 Å². The van der Waals surface area contributed by atoms with Gasteiger partial charge in [0.2, 0.25) is 17.7 Å². The predicted molar refractivity (Wildman–Crippen MR) is 226 cm³/mol. The van der Waals surface area contributed by atoms with Gasteiger partial charge in [-0.3, -0.25) is 34.2 Å². The number of anilines is 1. The third kappa shape index (κ3) is 6.80. The van der Waals surface area contributed by atoms with Crippen LogP contribution in [-0.2, 0) is 32.8 Å². The van der Waals surface area contributed by atoms with Gasteiger partial charge in [-0.15, -0.1) is 11.8 Å². The van der Waals surface area contributed by atoms with Gasteiger partial charge in [-0.25, -0.2) is 0 Å². The Bertz CT molecular complexity index is 2470. The lowest BCUT2D eigenvalue weighted by molar-refractivity contribution is -0.137. The molecule has 4 amide bonds. The number of imide groups is 1. The Morgan fingerprint density at radius 3 is 2.46 bits per heavy atom. The van der Waals surface area contributed by atoms with Gasteiger partial charge in [0.25, 0.3) is 5.91 Å². The molecule has 2 N–H and O–H groups in total. The number of nitriles is 1. The molecule has 1 unspecified atom stereocenters. The predicted octanol–water partition coefficient (Wildman–Crippen LogP) is 5.53. The molecule has 1 aromatic heterocycles. The highest BCUT2D eigenvalue weighted by atomic mass is 32.2. The van der Waals surface area contributed by atoms with Gasteiger partial charge in [0.15, 0.2) is 5.78 Å². The van der Waals surface area contributed by atoms with E-state index in [0.717, 1.165) is 83.6 Å². The minimum absolute atomic E-state index is 0.0405. The lowest BCUT2D eigenvalue weighted by atomic mass is 9.70. The zero-order valence-electron chi connectivity index (χ0n) is 33.9. The Hall–Kier alpha value is -5.45. The molecule has 0 radical (unpaired) electrons. The molecule has 0 bridgehead atoms. The van der Waals surface area contributed by atoms with Crippen LogP contribution in [0, 0.1) is 11.3 Å². The SMILES string of the molecule is CCc1cc2c(cc1N1CCC(N3CCN(C(=O)CCSc4cccc5c4CN(C4CCC(=O)NC4=O)C5=O)CC3)CC1)C(C)(C)c1[nH]c3cc(C#N)ccc3c1C2=O. The summed E-state index contributed by atoms with van der Waals surface area (Å²) in [5.74, 6) is -0.129. The molecule has 4 aliphatic heterocycles. The first kappa shape index (κ1) is 39.0. The summed E-state index contributed by atoms with van der Waals surface area (Å²) in [5.41, 5.74) is 8.26. The second-order valence-corrected chi connectivity index (χ2v) is 18.1. The number of carbonyl (C=O) groups excluding carboxylic acids is 5. The first-order valence-electron chi connectivity index (χ1n) is 20.9. The second kappa shape index (κ2) is 15.3. The fourth-order valence-corrected chi connectivity index (χ4v) is 11.1. The van der Waals surface area contributed by atoms with Gasteiger partial charge in [-0.2, -0.15) is 5.26 Å². The van der Waals surface area contributed by atoms with Crippen LogP contribution in [0.2, 0.25) is 0 Å². The number of hydrogen-bond donors (Lipinski definition) is 2. The van der Waals surface area contributed by atoms with Crippen LogP contribution in [0.4, 0.5) is 5.69 Å². The maximum absolute atomic E-state index is 14.1. The van der Waals surface area contributed by atoms with Crippen LogP contribution in [0.25, 0.3) is 10.9 Å². The number of fused-ring (bicyclic) bond motifs is 5. The molecule has 5 aliphatic rings. The van der Waals surface area contributed by atoms with Gasteiger partial charge in [-0.05, 0) is 78.8 Å². The molecule has 9 rings (SSSR count). The average Bonchev–Trinajstić information content (AvgIpc) is 3.81. The number of nitrogens with one attached hydrogen (secondary N) is 2. The van der Waals surface area contributed by atoms with Crippen molar-refractivity contribution in [2.45, 2.75) is 88.2 Å². The van der Waals surface area contributed by atoms with Crippen molar-refractivity contribution in [3.8, 4) is 6.07 Å². The average molecular weight is 812 g/mol. The number of piperazine rings is 1. The van der Waals surface area contributed by atoms with Gasteiger partial charge in [0, 0.05) is 114 Å². The quantitative estimate of drug-likeness (QED) is 0.173. The van der Waals surface area contributed by atoms with E-state index < -0.39 is 17.4 Å². The zero-order chi connectivity index (χ0) is 41.2. The summed E-state index contributed by atoms with van der Waals surface area (Å²) >= 11 is 1.58. The highest BCUT2D eigenvalue weighted by molar-refractivity contribution is 7.99. The van der Waals surface area contributed by atoms with E-state index in [1.54, 1.807) is 28.8 Å². The van der Waals surface area contributed by atoms with Crippen molar-refractivity contribution in [2.75, 3.05) is 49.9 Å². The van der Waals surface area contributed by atoms with Crippen LogP contribution in [-0.4, -0.2) is 106 Å². The smallest absolute Gasteiger partial charge is 0.255 e. The van der Waals surface area contributed by atoms with E-state index >= 15 is 0 Å². The number of aryl methyl sites for hydroxylation is 1. The van der Waals surface area contributed by atoms with Crippen molar-refractivity contribution in [3.63, 3.8) is 0 Å². The standard InChI is InChI=1S/C46H49N7O5S/c1-4-28-23-32-34(46(2,3)43-41(42(32)56)31-9-8-27(25-47)22-35(31)48-43)24-37(28)51-15-12-29(13-16-51)50-17-19-52(20-18-50)40(55)14-21-59-38-7-5-6-30-33(38)26-53(45(30)58)36-10-11-39(54)49-44(36)57/h5-9,22-24,29,36,48H,4,10-21,26H2,1-3H3,(H,49,54,57). The van der Waals surface area contributed by atoms with Crippen LogP contribution in [0.3, 0.4) is 0 Å². The topological polar surface area (TPSA) is 150 Å². The Morgan fingerprint density at radius 2 is 1.73 bits per heavy atom. The van der Waals surface area contributed by atoms with Gasteiger partial charge in [0.05, 0.1) is 17.2 Å². The number of aromatic amines is 1. The Morgan fingerprint density at radius 1 is 0.949 bits per heavy atom. The molecule has 0 saturated carbocycles. The van der Waals surface area contributed by atoms with Crippen LogP contribution < -0.4 is 10.2 Å². The van der Waals surface area contributed by atoms with Gasteiger partial charge in [0.1, 0.15) is 6.04 Å². The zero-order valence-corrected chi connectivity index (χ0v) is 34.7. The third-order valence-electron chi connectivity index (χ3n) is 13.4. The molecule has 304 valence electrons. The van der Waals surface area contributed by atoms with E-state index in [1.807, 2.05) is 29.2 Å². The minimum atomic E-state index is -0.652. The summed E-state index contributed by atoms with van der Waals surface area (Å²) in [6, 6.07) is 17.5. The number of amides is 4. The van der Waals surface area contributed by atoms with E-state index in [4.69, 9.17) is 0 Å². The Labute approximate surface area is 348 Å². The summed E-state index contributed by atoms with van der Waals surface area (Å²) in [7, 11) is 0. The van der Waals surface area contributed by atoms with Crippen molar-refractivity contribution in [3.05, 3.63) is 93.2 Å². The third-order valence-corrected chi connectivity index (χ3v) is 14.5. The molecule has 13 heteroatoms. The number of H-pyrrole nitrogens is 1.